The van der Waals surface area contributed by atoms with Crippen LogP contribution in [-0.4, -0.2) is 16.6 Å². The summed E-state index contributed by atoms with van der Waals surface area (Å²) in [6.45, 7) is 3.11. The summed E-state index contributed by atoms with van der Waals surface area (Å²) in [6, 6.07) is 12.9. The van der Waals surface area contributed by atoms with Crippen molar-refractivity contribution in [1.82, 2.24) is 4.90 Å². The number of hydrogen-bond acceptors (Lipinski definition) is 4. The summed E-state index contributed by atoms with van der Waals surface area (Å²) in [4.78, 5) is 9.63. The van der Waals surface area contributed by atoms with Crippen LogP contribution in [-0.2, 0) is 0 Å². The van der Waals surface area contributed by atoms with Crippen molar-refractivity contribution in [3.8, 4) is 0 Å². The van der Waals surface area contributed by atoms with E-state index in [2.05, 4.69) is 59.8 Å². The molecular formula is C14H14N2S2. The fourth-order valence-corrected chi connectivity index (χ4v) is 3.67. The van der Waals surface area contributed by atoms with Crippen molar-refractivity contribution in [1.29, 1.82) is 0 Å². The Kier molecular flexibility index (Phi) is 3.39. The molecule has 92 valence electrons. The lowest BCUT2D eigenvalue weighted by Gasteiger charge is -2.09. The van der Waals surface area contributed by atoms with Crippen LogP contribution in [0.15, 0.2) is 53.0 Å². The van der Waals surface area contributed by atoms with Gasteiger partial charge >= 0.3 is 0 Å². The maximum Gasteiger partial charge on any atom is 0.168 e. The number of rotatable bonds is 1. The Hall–Kier alpha value is -1.26. The predicted octanol–water partition coefficient (Wildman–Crippen LogP) is 4.11. The van der Waals surface area contributed by atoms with Gasteiger partial charge in [-0.25, -0.2) is 0 Å². The molecule has 2 aliphatic rings. The minimum absolute atomic E-state index is 0.272. The van der Waals surface area contributed by atoms with E-state index in [-0.39, 0.29) is 6.04 Å². The van der Waals surface area contributed by atoms with Crippen LogP contribution in [0.2, 0.25) is 0 Å². The van der Waals surface area contributed by atoms with Gasteiger partial charge in [0.2, 0.25) is 0 Å². The first kappa shape index (κ1) is 11.8. The zero-order valence-electron chi connectivity index (χ0n) is 10.1. The van der Waals surface area contributed by atoms with Crippen molar-refractivity contribution in [2.75, 3.05) is 6.54 Å². The van der Waals surface area contributed by atoms with Crippen molar-refractivity contribution in [3.63, 3.8) is 0 Å². The quantitative estimate of drug-likeness (QED) is 0.766. The van der Waals surface area contributed by atoms with E-state index >= 15 is 0 Å². The van der Waals surface area contributed by atoms with Crippen LogP contribution in [0, 0.1) is 6.92 Å². The molecule has 4 heteroatoms. The van der Waals surface area contributed by atoms with E-state index in [9.17, 15) is 0 Å². The predicted molar refractivity (Wildman–Crippen MR) is 80.3 cm³/mol. The van der Waals surface area contributed by atoms with Gasteiger partial charge in [-0.15, -0.1) is 11.3 Å². The van der Waals surface area contributed by atoms with Gasteiger partial charge in [0.25, 0.3) is 0 Å². The van der Waals surface area contributed by atoms with E-state index in [1.54, 1.807) is 11.8 Å². The van der Waals surface area contributed by atoms with Gasteiger partial charge in [0.15, 0.2) is 5.17 Å². The Bertz CT molecular complexity index is 559. The zero-order valence-corrected chi connectivity index (χ0v) is 11.7. The maximum absolute atomic E-state index is 4.78. The summed E-state index contributed by atoms with van der Waals surface area (Å²) in [6.07, 6.45) is 2.12. The number of nitrogens with zero attached hydrogens (tertiary/aromatic N) is 2. The maximum atomic E-state index is 4.78. The molecule has 1 aromatic heterocycles. The minimum atomic E-state index is 0.272. The molecule has 0 N–H and O–H groups in total. The van der Waals surface area contributed by atoms with Gasteiger partial charge < -0.3 is 4.90 Å². The number of amidine groups is 1. The lowest BCUT2D eigenvalue weighted by atomic mass is 10.2. The van der Waals surface area contributed by atoms with E-state index in [1.807, 2.05) is 11.3 Å². The molecule has 3 heterocycles. The third-order valence-electron chi connectivity index (χ3n) is 2.83. The van der Waals surface area contributed by atoms with E-state index in [0.717, 1.165) is 11.7 Å². The highest BCUT2D eigenvalue weighted by molar-refractivity contribution is 8.16. The zero-order chi connectivity index (χ0) is 12.4. The number of thioether (sulfide) groups is 1. The van der Waals surface area contributed by atoms with Crippen molar-refractivity contribution < 1.29 is 0 Å². The highest BCUT2D eigenvalue weighted by Gasteiger charge is 2.27. The topological polar surface area (TPSA) is 15.6 Å². The molecule has 0 amide bonds. The molecule has 0 spiro atoms. The Balaban J connectivity index is 1.97. The third-order valence-corrected chi connectivity index (χ3v) is 4.74. The fraction of sp³-hybridized carbons (Fsp3) is 0.214. The van der Waals surface area contributed by atoms with Crippen LogP contribution >= 0.6 is 23.1 Å². The Morgan fingerprint density at radius 2 is 2.06 bits per heavy atom. The average molecular weight is 274 g/mol. The van der Waals surface area contributed by atoms with Crippen LogP contribution in [0.5, 0.6) is 0 Å². The van der Waals surface area contributed by atoms with Gasteiger partial charge in [-0.2, -0.15) is 0 Å². The molecule has 1 atom stereocenters. The van der Waals surface area contributed by atoms with Gasteiger partial charge in [-0.1, -0.05) is 36.0 Å². The van der Waals surface area contributed by atoms with Crippen molar-refractivity contribution in [2.45, 2.75) is 13.0 Å². The first-order valence-electron chi connectivity index (χ1n) is 5.90. The lowest BCUT2D eigenvalue weighted by molar-refractivity contribution is 0.562. The molecule has 18 heavy (non-hydrogen) atoms. The molecule has 0 radical (unpaired) electrons. The monoisotopic (exact) mass is 274 g/mol. The van der Waals surface area contributed by atoms with Crippen molar-refractivity contribution in [2.24, 2.45) is 4.99 Å². The van der Waals surface area contributed by atoms with Gasteiger partial charge in [0.1, 0.15) is 6.04 Å². The molecule has 0 unspecified atom stereocenters. The molecule has 2 aliphatic heterocycles. The lowest BCUT2D eigenvalue weighted by Crippen LogP contribution is -2.15. The molecule has 0 saturated carbocycles. The second-order valence-corrected chi connectivity index (χ2v) is 6.39. The Morgan fingerprint density at radius 1 is 1.22 bits per heavy atom. The van der Waals surface area contributed by atoms with Crippen LogP contribution in [0.25, 0.3) is 0 Å². The first-order chi connectivity index (χ1) is 8.83. The molecule has 0 aromatic carbocycles. The summed E-state index contributed by atoms with van der Waals surface area (Å²) >= 11 is 3.53. The molecule has 0 aliphatic carbocycles. The van der Waals surface area contributed by atoms with Crippen LogP contribution < -0.4 is 0 Å². The molecule has 1 aromatic rings. The first-order valence-corrected chi connectivity index (χ1v) is 7.60. The molecular weight excluding hydrogens is 260 g/mol. The van der Waals surface area contributed by atoms with E-state index in [0.29, 0.717) is 0 Å². The SMILES string of the molecule is Cc1ccccccc([C@H]2CN3C=CSC3=N2)s1. The number of fused-ring (bicyclic) bond motifs is 1. The second kappa shape index (κ2) is 5.16. The summed E-state index contributed by atoms with van der Waals surface area (Å²) in [5.41, 5.74) is 0. The summed E-state index contributed by atoms with van der Waals surface area (Å²) < 4.78 is 0. The van der Waals surface area contributed by atoms with E-state index < -0.39 is 0 Å². The Morgan fingerprint density at radius 3 is 2.89 bits per heavy atom. The minimum Gasteiger partial charge on any atom is -0.325 e. The summed E-state index contributed by atoms with van der Waals surface area (Å²) in [7, 11) is 0. The largest absolute Gasteiger partial charge is 0.325 e. The van der Waals surface area contributed by atoms with Crippen molar-refractivity contribution in [3.05, 3.63) is 57.8 Å². The summed E-state index contributed by atoms with van der Waals surface area (Å²) in [5.74, 6) is 0. The molecule has 0 bridgehead atoms. The van der Waals surface area contributed by atoms with Crippen LogP contribution in [0.3, 0.4) is 0 Å². The van der Waals surface area contributed by atoms with Crippen LogP contribution in [0.1, 0.15) is 15.8 Å². The van der Waals surface area contributed by atoms with Crippen LogP contribution in [0.4, 0.5) is 0 Å². The van der Waals surface area contributed by atoms with E-state index in [1.165, 1.54) is 9.75 Å². The van der Waals surface area contributed by atoms with Gasteiger partial charge in [-0.3, -0.25) is 4.99 Å². The molecule has 3 rings (SSSR count). The third kappa shape index (κ3) is 2.44. The average Bonchev–Trinajstić information content (AvgIpc) is 2.92. The molecule has 0 saturated heterocycles. The Labute approximate surface area is 115 Å². The molecule has 2 nitrogen and oxygen atoms in total. The number of aliphatic imine (C=N–C) groups is 1. The number of hydrogen-bond donors (Lipinski definition) is 0. The number of aryl methyl sites for hydroxylation is 1. The second-order valence-electron chi connectivity index (χ2n) is 4.20. The van der Waals surface area contributed by atoms with Gasteiger partial charge in [-0.05, 0) is 24.5 Å². The highest BCUT2D eigenvalue weighted by atomic mass is 32.2. The van der Waals surface area contributed by atoms with Crippen molar-refractivity contribution >= 4 is 28.3 Å². The van der Waals surface area contributed by atoms with Gasteiger partial charge in [0.05, 0.1) is 6.54 Å². The smallest absolute Gasteiger partial charge is 0.168 e. The fourth-order valence-electron chi connectivity index (χ4n) is 1.96. The standard InChI is InChI=1S/C14H14N2S2/c1-11-6-4-2-3-5-7-13(18-11)12-10-16-8-9-17-14(16)15-12/h2-9,12H,10H2,1H3/t12-/m1/s1. The molecule has 0 fully saturated rings. The normalized spacial score (nSPS) is 20.6. The van der Waals surface area contributed by atoms with E-state index in [4.69, 9.17) is 4.99 Å². The highest BCUT2D eigenvalue weighted by Crippen LogP contribution is 2.34. The summed E-state index contributed by atoms with van der Waals surface area (Å²) in [5, 5.41) is 3.22. The van der Waals surface area contributed by atoms with Gasteiger partial charge in [0, 0.05) is 16.0 Å².